The van der Waals surface area contributed by atoms with E-state index in [1.54, 1.807) is 21.3 Å². The van der Waals surface area contributed by atoms with Gasteiger partial charge >= 0.3 is 0 Å². The highest BCUT2D eigenvalue weighted by Gasteiger charge is 2.46. The Morgan fingerprint density at radius 2 is 1.76 bits per heavy atom. The smallest absolute Gasteiger partial charge is 0.261 e. The highest BCUT2D eigenvalue weighted by Crippen LogP contribution is 2.40. The minimum atomic E-state index is -0.0385. The van der Waals surface area contributed by atoms with Gasteiger partial charge in [0, 0.05) is 24.5 Å². The lowest BCUT2D eigenvalue weighted by Gasteiger charge is -2.33. The summed E-state index contributed by atoms with van der Waals surface area (Å²) in [6, 6.07) is 14.0. The van der Waals surface area contributed by atoms with Crippen molar-refractivity contribution in [3.05, 3.63) is 53.6 Å². The Labute approximate surface area is 171 Å². The standard InChI is InChI=1S/C23H28N2O4/c1-27-16-8-4-7-15(13-16)17-14-25(18-9-6-12-24-22(17)18)23(26)21-19(28-2)10-5-11-20(21)29-3/h4-5,7-8,10-11,13,17-18,22,24H,6,9,12,14H2,1-3H3/t17-,18-,22-/m1/s1. The zero-order chi connectivity index (χ0) is 20.4. The van der Waals surface area contributed by atoms with Gasteiger partial charge in [0.1, 0.15) is 22.8 Å². The predicted octanol–water partition coefficient (Wildman–Crippen LogP) is 3.07. The largest absolute Gasteiger partial charge is 0.497 e. The van der Waals surface area contributed by atoms with Crippen LogP contribution in [0, 0.1) is 0 Å². The molecule has 2 saturated heterocycles. The van der Waals surface area contributed by atoms with Crippen LogP contribution in [0.1, 0.15) is 34.7 Å². The van der Waals surface area contributed by atoms with E-state index in [4.69, 9.17) is 14.2 Å². The second kappa shape index (κ2) is 8.33. The number of methoxy groups -OCH3 is 3. The van der Waals surface area contributed by atoms with Crippen LogP contribution >= 0.6 is 0 Å². The van der Waals surface area contributed by atoms with Gasteiger partial charge in [0.15, 0.2) is 0 Å². The van der Waals surface area contributed by atoms with Crippen molar-refractivity contribution in [2.75, 3.05) is 34.4 Å². The van der Waals surface area contributed by atoms with Gasteiger partial charge in [0.05, 0.1) is 21.3 Å². The molecule has 3 atom stereocenters. The summed E-state index contributed by atoms with van der Waals surface area (Å²) in [7, 11) is 4.85. The van der Waals surface area contributed by atoms with Gasteiger partial charge in [-0.3, -0.25) is 4.79 Å². The van der Waals surface area contributed by atoms with Gasteiger partial charge in [-0.25, -0.2) is 0 Å². The predicted molar refractivity (Wildman–Crippen MR) is 111 cm³/mol. The van der Waals surface area contributed by atoms with E-state index in [0.29, 0.717) is 23.6 Å². The first-order valence-electron chi connectivity index (χ1n) is 10.1. The van der Waals surface area contributed by atoms with Crippen molar-refractivity contribution in [1.29, 1.82) is 0 Å². The number of rotatable bonds is 5. The number of ether oxygens (including phenoxy) is 3. The minimum Gasteiger partial charge on any atom is -0.497 e. The number of benzene rings is 2. The third kappa shape index (κ3) is 3.53. The lowest BCUT2D eigenvalue weighted by atomic mass is 9.87. The van der Waals surface area contributed by atoms with Crippen molar-refractivity contribution in [1.82, 2.24) is 10.2 Å². The van der Waals surface area contributed by atoms with Crippen LogP contribution in [0.5, 0.6) is 17.2 Å². The Hall–Kier alpha value is -2.73. The molecule has 2 heterocycles. The average Bonchev–Trinajstić information content (AvgIpc) is 3.17. The van der Waals surface area contributed by atoms with Crippen LogP contribution in [0.4, 0.5) is 0 Å². The van der Waals surface area contributed by atoms with E-state index in [-0.39, 0.29) is 23.9 Å². The van der Waals surface area contributed by atoms with Crippen molar-refractivity contribution in [3.63, 3.8) is 0 Å². The topological polar surface area (TPSA) is 60.0 Å². The van der Waals surface area contributed by atoms with Crippen molar-refractivity contribution in [2.45, 2.75) is 30.8 Å². The fourth-order valence-electron chi connectivity index (χ4n) is 4.74. The molecule has 2 aromatic rings. The summed E-state index contributed by atoms with van der Waals surface area (Å²) in [5, 5.41) is 3.66. The molecule has 1 amide bonds. The number of amides is 1. The molecule has 1 N–H and O–H groups in total. The molecule has 4 rings (SSSR count). The molecule has 2 aromatic carbocycles. The molecule has 6 nitrogen and oxygen atoms in total. The summed E-state index contributed by atoms with van der Waals surface area (Å²) in [5.41, 5.74) is 1.68. The van der Waals surface area contributed by atoms with Crippen LogP contribution in [0.15, 0.2) is 42.5 Å². The quantitative estimate of drug-likeness (QED) is 0.842. The van der Waals surface area contributed by atoms with E-state index < -0.39 is 0 Å². The number of likely N-dealkylation sites (tertiary alicyclic amines) is 1. The van der Waals surface area contributed by atoms with Gasteiger partial charge in [-0.05, 0) is 49.2 Å². The molecule has 2 aliphatic heterocycles. The Kier molecular flexibility index (Phi) is 5.62. The summed E-state index contributed by atoms with van der Waals surface area (Å²) in [5.74, 6) is 2.09. The van der Waals surface area contributed by atoms with Gasteiger partial charge in [-0.2, -0.15) is 0 Å². The lowest BCUT2D eigenvalue weighted by Crippen LogP contribution is -2.49. The maximum Gasteiger partial charge on any atom is 0.261 e. The van der Waals surface area contributed by atoms with Gasteiger partial charge in [-0.1, -0.05) is 18.2 Å². The summed E-state index contributed by atoms with van der Waals surface area (Å²) in [6.45, 7) is 1.62. The van der Waals surface area contributed by atoms with Gasteiger partial charge < -0.3 is 24.4 Å². The third-order valence-electron chi connectivity index (χ3n) is 6.12. The number of nitrogens with zero attached hydrogens (tertiary/aromatic N) is 1. The summed E-state index contributed by atoms with van der Waals surface area (Å²) < 4.78 is 16.4. The highest BCUT2D eigenvalue weighted by atomic mass is 16.5. The molecule has 29 heavy (non-hydrogen) atoms. The van der Waals surface area contributed by atoms with E-state index in [0.717, 1.165) is 25.1 Å². The highest BCUT2D eigenvalue weighted by molar-refractivity contribution is 6.00. The molecular formula is C23H28N2O4. The van der Waals surface area contributed by atoms with Gasteiger partial charge in [0.25, 0.3) is 5.91 Å². The van der Waals surface area contributed by atoms with Crippen molar-refractivity contribution in [3.8, 4) is 17.2 Å². The minimum absolute atomic E-state index is 0.0385. The van der Waals surface area contributed by atoms with Gasteiger partial charge in [-0.15, -0.1) is 0 Å². The summed E-state index contributed by atoms with van der Waals surface area (Å²) in [6.07, 6.45) is 2.04. The number of hydrogen-bond acceptors (Lipinski definition) is 5. The number of carbonyl (C=O) groups excluding carboxylic acids is 1. The number of piperidine rings is 1. The zero-order valence-electron chi connectivity index (χ0n) is 17.2. The first-order valence-corrected chi connectivity index (χ1v) is 10.1. The van der Waals surface area contributed by atoms with Crippen LogP contribution in [-0.4, -0.2) is 57.3 Å². The first kappa shape index (κ1) is 19.6. The molecule has 0 bridgehead atoms. The van der Waals surface area contributed by atoms with Crippen molar-refractivity contribution < 1.29 is 19.0 Å². The summed E-state index contributed by atoms with van der Waals surface area (Å²) in [4.78, 5) is 15.7. The monoisotopic (exact) mass is 396 g/mol. The Balaban J connectivity index is 1.70. The van der Waals surface area contributed by atoms with E-state index >= 15 is 0 Å². The molecular weight excluding hydrogens is 368 g/mol. The SMILES string of the molecule is COc1cccc([C@H]2CN(C(=O)c3c(OC)cccc3OC)[C@@H]3CCCN[C@H]23)c1. The molecule has 154 valence electrons. The molecule has 0 radical (unpaired) electrons. The van der Waals surface area contributed by atoms with Crippen LogP contribution in [0.25, 0.3) is 0 Å². The van der Waals surface area contributed by atoms with E-state index in [9.17, 15) is 4.79 Å². The Morgan fingerprint density at radius 1 is 1.03 bits per heavy atom. The first-order chi connectivity index (χ1) is 14.2. The van der Waals surface area contributed by atoms with Crippen LogP contribution in [0.2, 0.25) is 0 Å². The van der Waals surface area contributed by atoms with E-state index in [1.165, 1.54) is 5.56 Å². The Bertz CT molecular complexity index is 863. The third-order valence-corrected chi connectivity index (χ3v) is 6.12. The maximum atomic E-state index is 13.7. The maximum absolute atomic E-state index is 13.7. The average molecular weight is 396 g/mol. The normalized spacial score (nSPS) is 23.4. The molecule has 0 saturated carbocycles. The summed E-state index contributed by atoms with van der Waals surface area (Å²) >= 11 is 0. The molecule has 2 fully saturated rings. The van der Waals surface area contributed by atoms with E-state index in [1.807, 2.05) is 35.2 Å². The van der Waals surface area contributed by atoms with Crippen molar-refractivity contribution >= 4 is 5.91 Å². The molecule has 0 unspecified atom stereocenters. The number of fused-ring (bicyclic) bond motifs is 1. The van der Waals surface area contributed by atoms with Crippen LogP contribution in [0.3, 0.4) is 0 Å². The zero-order valence-corrected chi connectivity index (χ0v) is 17.2. The number of carbonyl (C=O) groups is 1. The lowest BCUT2D eigenvalue weighted by molar-refractivity contribution is 0.0698. The number of nitrogens with one attached hydrogen (secondary N) is 1. The van der Waals surface area contributed by atoms with Crippen LogP contribution in [-0.2, 0) is 0 Å². The number of hydrogen-bond donors (Lipinski definition) is 1. The van der Waals surface area contributed by atoms with Crippen molar-refractivity contribution in [2.24, 2.45) is 0 Å². The molecule has 2 aliphatic rings. The molecule has 0 aliphatic carbocycles. The molecule has 0 spiro atoms. The van der Waals surface area contributed by atoms with Gasteiger partial charge in [0.2, 0.25) is 0 Å². The van der Waals surface area contributed by atoms with Crippen LogP contribution < -0.4 is 19.5 Å². The molecule has 0 aromatic heterocycles. The second-order valence-corrected chi connectivity index (χ2v) is 7.57. The fourth-order valence-corrected chi connectivity index (χ4v) is 4.74. The molecule has 6 heteroatoms. The second-order valence-electron chi connectivity index (χ2n) is 7.57. The van der Waals surface area contributed by atoms with E-state index in [2.05, 4.69) is 17.4 Å². The Morgan fingerprint density at radius 3 is 2.45 bits per heavy atom. The fraction of sp³-hybridized carbons (Fsp3) is 0.435.